The van der Waals surface area contributed by atoms with E-state index in [1.54, 1.807) is 0 Å². The molecule has 7 heteroatoms. The highest BCUT2D eigenvalue weighted by molar-refractivity contribution is 6.22. The molecular weight excluding hydrogens is 223 g/mol. The van der Waals surface area contributed by atoms with Crippen LogP contribution < -0.4 is 0 Å². The maximum Gasteiger partial charge on any atom is 0.279 e. The van der Waals surface area contributed by atoms with E-state index in [1.807, 2.05) is 0 Å². The van der Waals surface area contributed by atoms with Crippen molar-refractivity contribution >= 4 is 24.0 Å². The lowest BCUT2D eigenvalue weighted by Gasteiger charge is -2.28. The molecule has 0 aliphatic carbocycles. The van der Waals surface area contributed by atoms with Gasteiger partial charge in [-0.15, -0.1) is 12.4 Å². The first kappa shape index (κ1) is 11.5. The van der Waals surface area contributed by atoms with Gasteiger partial charge in [-0.3, -0.25) is 0 Å². The Balaban J connectivity index is 0.000000845. The van der Waals surface area contributed by atoms with Gasteiger partial charge in [0, 0.05) is 0 Å². The molecule has 0 spiro atoms. The summed E-state index contributed by atoms with van der Waals surface area (Å²) in [5, 5.41) is 25.6. The van der Waals surface area contributed by atoms with E-state index in [-0.39, 0.29) is 19.0 Å². The quantitative estimate of drug-likeness (QED) is 0.496. The molecule has 5 atom stereocenters. The lowest BCUT2D eigenvalue weighted by atomic mass is 10.0. The van der Waals surface area contributed by atoms with E-state index in [2.05, 4.69) is 0 Å². The molecule has 0 aromatic rings. The van der Waals surface area contributed by atoms with Crippen molar-refractivity contribution in [1.29, 1.82) is 0 Å². The van der Waals surface area contributed by atoms with E-state index in [0.29, 0.717) is 0 Å². The lowest BCUT2D eigenvalue weighted by Crippen LogP contribution is -2.50. The summed E-state index contributed by atoms with van der Waals surface area (Å²) in [4.78, 5) is 0. The Kier molecular flexibility index (Phi) is 3.09. The zero-order valence-electron chi connectivity index (χ0n) is 6.46. The van der Waals surface area contributed by atoms with Gasteiger partial charge in [-0.25, -0.2) is 0 Å². The highest BCUT2D eigenvalue weighted by Crippen LogP contribution is 2.45. The SMILES string of the molecule is Cl.OC[C@H]1O[C@]2(Cl)O[C@H]1[C@@H](O)[C@H]2O. The lowest BCUT2D eigenvalue weighted by molar-refractivity contribution is -0.170. The number of hydrogen-bond acceptors (Lipinski definition) is 5. The maximum atomic E-state index is 9.30. The number of ether oxygens (including phenoxy) is 2. The summed E-state index contributed by atoms with van der Waals surface area (Å²) in [7, 11) is 0. The summed E-state index contributed by atoms with van der Waals surface area (Å²) >= 11 is 5.65. The van der Waals surface area contributed by atoms with E-state index in [0.717, 1.165) is 0 Å². The average molecular weight is 233 g/mol. The Morgan fingerprint density at radius 3 is 2.31 bits per heavy atom. The first-order valence-electron chi connectivity index (χ1n) is 3.60. The first-order chi connectivity index (χ1) is 5.58. The van der Waals surface area contributed by atoms with Gasteiger partial charge in [0.05, 0.1) is 6.61 Å². The largest absolute Gasteiger partial charge is 0.394 e. The number of alkyl halides is 1. The Bertz CT molecular complexity index is 197. The van der Waals surface area contributed by atoms with Gasteiger partial charge in [0.15, 0.2) is 6.10 Å². The Morgan fingerprint density at radius 2 is 1.92 bits per heavy atom. The van der Waals surface area contributed by atoms with E-state index in [9.17, 15) is 10.2 Å². The van der Waals surface area contributed by atoms with Gasteiger partial charge in [0.1, 0.15) is 18.3 Å². The third kappa shape index (κ3) is 1.45. The van der Waals surface area contributed by atoms with Crippen molar-refractivity contribution in [3.05, 3.63) is 0 Å². The van der Waals surface area contributed by atoms with Crippen LogP contribution in [0.2, 0.25) is 0 Å². The predicted molar refractivity (Wildman–Crippen MR) is 44.7 cm³/mol. The molecule has 0 saturated carbocycles. The second-order valence-electron chi connectivity index (χ2n) is 2.94. The van der Waals surface area contributed by atoms with Crippen LogP contribution in [0.15, 0.2) is 0 Å². The molecule has 2 heterocycles. The summed E-state index contributed by atoms with van der Waals surface area (Å²) < 4.78 is 9.93. The van der Waals surface area contributed by atoms with Gasteiger partial charge in [-0.1, -0.05) is 11.6 Å². The standard InChI is InChI=1S/C6H9ClO5.ClH/c7-6-5(10)3(9)4(12-6)2(1-8)11-6;/h2-5,8-10H,1H2;1H/t2-,3-,4-,5-,6+;/m1./s1. The number of rotatable bonds is 1. The number of aliphatic hydroxyl groups excluding tert-OH is 3. The molecule has 2 fully saturated rings. The molecule has 2 aliphatic heterocycles. The van der Waals surface area contributed by atoms with E-state index >= 15 is 0 Å². The fourth-order valence-corrected chi connectivity index (χ4v) is 1.86. The van der Waals surface area contributed by atoms with Gasteiger partial charge in [-0.2, -0.15) is 0 Å². The van der Waals surface area contributed by atoms with E-state index < -0.39 is 29.7 Å². The van der Waals surface area contributed by atoms with Crippen LogP contribution in [0.5, 0.6) is 0 Å². The molecule has 0 radical (unpaired) electrons. The van der Waals surface area contributed by atoms with E-state index in [4.69, 9.17) is 26.2 Å². The minimum atomic E-state index is -1.67. The molecule has 0 aromatic heterocycles. The number of halogens is 2. The van der Waals surface area contributed by atoms with Crippen LogP contribution in [0.25, 0.3) is 0 Å². The molecule has 0 unspecified atom stereocenters. The van der Waals surface area contributed by atoms with Crippen LogP contribution in [0.3, 0.4) is 0 Å². The van der Waals surface area contributed by atoms with Crippen molar-refractivity contribution in [2.45, 2.75) is 29.7 Å². The Hall–Kier alpha value is 0.380. The third-order valence-corrected chi connectivity index (χ3v) is 2.57. The summed E-state index contributed by atoms with van der Waals surface area (Å²) in [5.74, 6) is 0. The topological polar surface area (TPSA) is 79.2 Å². The minimum Gasteiger partial charge on any atom is -0.394 e. The van der Waals surface area contributed by atoms with Crippen LogP contribution in [0.4, 0.5) is 0 Å². The normalized spacial score (nSPS) is 53.5. The third-order valence-electron chi connectivity index (χ3n) is 2.17. The molecule has 2 bridgehead atoms. The van der Waals surface area contributed by atoms with Crippen LogP contribution in [0, 0.1) is 0 Å². The van der Waals surface area contributed by atoms with Crippen molar-refractivity contribution in [2.24, 2.45) is 0 Å². The Morgan fingerprint density at radius 1 is 1.31 bits per heavy atom. The fraction of sp³-hybridized carbons (Fsp3) is 1.00. The van der Waals surface area contributed by atoms with Gasteiger partial charge in [0.2, 0.25) is 0 Å². The zero-order chi connectivity index (χ0) is 8.93. The molecule has 2 aliphatic rings. The zero-order valence-corrected chi connectivity index (χ0v) is 8.03. The van der Waals surface area contributed by atoms with Crippen LogP contribution in [-0.2, 0) is 9.47 Å². The van der Waals surface area contributed by atoms with Crippen LogP contribution in [0.1, 0.15) is 0 Å². The highest BCUT2D eigenvalue weighted by Gasteiger charge is 2.64. The number of hydrogen-bond donors (Lipinski definition) is 3. The molecule has 13 heavy (non-hydrogen) atoms. The monoisotopic (exact) mass is 232 g/mol. The second kappa shape index (κ2) is 3.51. The van der Waals surface area contributed by atoms with Gasteiger partial charge >= 0.3 is 0 Å². The van der Waals surface area contributed by atoms with Gasteiger partial charge in [-0.05, 0) is 0 Å². The van der Waals surface area contributed by atoms with Crippen molar-refractivity contribution in [3.63, 3.8) is 0 Å². The molecule has 2 rings (SSSR count). The smallest absolute Gasteiger partial charge is 0.279 e. The van der Waals surface area contributed by atoms with Crippen LogP contribution >= 0.6 is 24.0 Å². The van der Waals surface area contributed by atoms with E-state index in [1.165, 1.54) is 0 Å². The van der Waals surface area contributed by atoms with Gasteiger partial charge in [0.25, 0.3) is 5.25 Å². The molecule has 5 nitrogen and oxygen atoms in total. The summed E-state index contributed by atoms with van der Waals surface area (Å²) in [6.07, 6.45) is -3.73. The molecule has 2 saturated heterocycles. The van der Waals surface area contributed by atoms with Crippen molar-refractivity contribution in [3.8, 4) is 0 Å². The molecule has 0 amide bonds. The van der Waals surface area contributed by atoms with Crippen molar-refractivity contribution in [1.82, 2.24) is 0 Å². The highest BCUT2D eigenvalue weighted by atomic mass is 35.5. The first-order valence-corrected chi connectivity index (χ1v) is 3.98. The number of aliphatic hydroxyl groups is 3. The maximum absolute atomic E-state index is 9.30. The van der Waals surface area contributed by atoms with Gasteiger partial charge < -0.3 is 24.8 Å². The molecular formula is C6H10Cl2O5. The van der Waals surface area contributed by atoms with Crippen molar-refractivity contribution in [2.75, 3.05) is 6.61 Å². The Labute approximate surface area is 85.6 Å². The summed E-state index contributed by atoms with van der Waals surface area (Å²) in [6.45, 7) is -0.289. The fourth-order valence-electron chi connectivity index (χ4n) is 1.52. The average Bonchev–Trinajstić information content (AvgIpc) is 2.49. The van der Waals surface area contributed by atoms with Crippen molar-refractivity contribution < 1.29 is 24.8 Å². The minimum absolute atomic E-state index is 0. The molecule has 3 N–H and O–H groups in total. The summed E-state index contributed by atoms with van der Waals surface area (Å²) in [5.41, 5.74) is 0. The predicted octanol–water partition coefficient (Wildman–Crippen LogP) is -1.19. The summed E-state index contributed by atoms with van der Waals surface area (Å²) in [6, 6.07) is 0. The second-order valence-corrected chi connectivity index (χ2v) is 3.47. The van der Waals surface area contributed by atoms with Crippen LogP contribution in [-0.4, -0.2) is 51.6 Å². The molecule has 0 aromatic carbocycles. The number of fused-ring (bicyclic) bond motifs is 2. The molecule has 78 valence electrons.